The van der Waals surface area contributed by atoms with Crippen molar-refractivity contribution in [2.45, 2.75) is 0 Å². The Kier molecular flexibility index (Phi) is 12.0. The molecule has 0 N–H and O–H groups in total. The molecule has 4 aromatic rings. The van der Waals surface area contributed by atoms with E-state index in [1.807, 2.05) is 106 Å². The number of hydrogen-bond acceptors (Lipinski definition) is 2. The average molecular weight is 591 g/mol. The van der Waals surface area contributed by atoms with E-state index in [0.29, 0.717) is 5.92 Å². The third kappa shape index (κ3) is 7.87. The van der Waals surface area contributed by atoms with Gasteiger partial charge < -0.3 is 0 Å². The Morgan fingerprint density at radius 1 is 0.537 bits per heavy atom. The van der Waals surface area contributed by atoms with Crippen molar-refractivity contribution in [3.8, 4) is 0 Å². The second-order valence-corrected chi connectivity index (χ2v) is 12.2. The van der Waals surface area contributed by atoms with Crippen molar-refractivity contribution in [2.75, 3.05) is 0 Å². The van der Waals surface area contributed by atoms with Crippen LogP contribution in [0.2, 0.25) is 0 Å². The molecule has 0 amide bonds. The van der Waals surface area contributed by atoms with Gasteiger partial charge in [0.1, 0.15) is 0 Å². The van der Waals surface area contributed by atoms with Crippen molar-refractivity contribution in [3.63, 3.8) is 0 Å². The summed E-state index contributed by atoms with van der Waals surface area (Å²) >= 11 is 0. The summed E-state index contributed by atoms with van der Waals surface area (Å²) in [5.74, 6) is 0.676. The summed E-state index contributed by atoms with van der Waals surface area (Å²) in [7, 11) is -2.39. The SMILES string of the molecule is O=C(/C=C/c1ccccc1N=P(c1ccccc1)(c1ccccc1)c1ccccc1)[C]1[CH][CH][CH][CH]1.[CH]1[CH][CH][CH][CH]1.[Fe+2]. The first-order valence-corrected chi connectivity index (χ1v) is 15.0. The molecule has 0 unspecified atom stereocenters. The van der Waals surface area contributed by atoms with Gasteiger partial charge in [-0.2, -0.15) is 0 Å². The van der Waals surface area contributed by atoms with Crippen LogP contribution in [-0.2, 0) is 21.9 Å². The normalized spacial score (nSPS) is 15.1. The molecule has 2 nitrogen and oxygen atoms in total. The van der Waals surface area contributed by atoms with Crippen molar-refractivity contribution in [2.24, 2.45) is 4.74 Å². The molecule has 10 radical (unpaired) electrons. The van der Waals surface area contributed by atoms with Gasteiger partial charge in [-0.3, -0.25) is 9.54 Å². The Morgan fingerprint density at radius 3 is 1.41 bits per heavy atom. The zero-order valence-electron chi connectivity index (χ0n) is 22.5. The predicted molar refractivity (Wildman–Crippen MR) is 170 cm³/mol. The maximum atomic E-state index is 12.6. The van der Waals surface area contributed by atoms with Gasteiger partial charge >= 0.3 is 17.1 Å². The van der Waals surface area contributed by atoms with Gasteiger partial charge in [0.25, 0.3) is 0 Å². The van der Waals surface area contributed by atoms with Crippen LogP contribution in [-0.4, -0.2) is 5.78 Å². The van der Waals surface area contributed by atoms with E-state index in [0.717, 1.165) is 11.3 Å². The Labute approximate surface area is 256 Å². The quantitative estimate of drug-likeness (QED) is 0.124. The topological polar surface area (TPSA) is 29.4 Å². The summed E-state index contributed by atoms with van der Waals surface area (Å²) in [4.78, 5) is 12.6. The standard InChI is InChI=1S/C32H25NOP.C5H5.Fe/c34-32(27-15-10-11-16-27)25-24-26-14-12-13-23-31(26)33-35(28-17-4-1-5-18-28,29-19-6-2-7-20-29)30-21-8-3-9-22-30;1-2-4-5-3-1;/h1-25H;1-5H;/q;;+2/b25-24+;;. The van der Waals surface area contributed by atoms with Crippen molar-refractivity contribution in [1.29, 1.82) is 0 Å². The van der Waals surface area contributed by atoms with Crippen LogP contribution in [0.5, 0.6) is 0 Å². The number of benzene rings is 4. The van der Waals surface area contributed by atoms with Crippen molar-refractivity contribution >= 4 is 40.5 Å². The van der Waals surface area contributed by atoms with E-state index in [1.165, 1.54) is 15.9 Å². The van der Waals surface area contributed by atoms with Crippen molar-refractivity contribution in [3.05, 3.63) is 191 Å². The van der Waals surface area contributed by atoms with Crippen LogP contribution >= 0.6 is 7.05 Å². The van der Waals surface area contributed by atoms with Gasteiger partial charge in [0, 0.05) is 21.5 Å². The number of carbonyl (C=O) groups excluding carboxylic acids is 1. The fourth-order valence-corrected chi connectivity index (χ4v) is 8.11. The van der Waals surface area contributed by atoms with E-state index in [-0.39, 0.29) is 22.9 Å². The number of allylic oxidation sites excluding steroid dienone is 1. The van der Waals surface area contributed by atoms with Crippen LogP contribution in [0.15, 0.2) is 126 Å². The minimum Gasteiger partial charge on any atom is -0.294 e. The molecule has 2 aliphatic carbocycles. The number of ketones is 1. The van der Waals surface area contributed by atoms with Gasteiger partial charge in [-0.1, -0.05) is 109 Å². The molecule has 41 heavy (non-hydrogen) atoms. The van der Waals surface area contributed by atoms with E-state index in [9.17, 15) is 4.79 Å². The molecule has 0 heterocycles. The van der Waals surface area contributed by atoms with E-state index in [2.05, 4.69) is 72.8 Å². The molecule has 0 bridgehead atoms. The van der Waals surface area contributed by atoms with Crippen LogP contribution in [0.4, 0.5) is 5.69 Å². The van der Waals surface area contributed by atoms with E-state index in [4.69, 9.17) is 4.74 Å². The minimum atomic E-state index is -2.39. The molecule has 2 fully saturated rings. The first kappa shape index (κ1) is 31.0. The molecule has 0 atom stereocenters. The average Bonchev–Trinajstić information content (AvgIpc) is 3.79. The first-order chi connectivity index (χ1) is 19.8. The third-order valence-corrected chi connectivity index (χ3v) is 10.2. The molecule has 0 aromatic heterocycles. The Bertz CT molecular complexity index is 1330. The van der Waals surface area contributed by atoms with E-state index in [1.54, 1.807) is 6.08 Å². The van der Waals surface area contributed by atoms with Gasteiger partial charge in [-0.05, 0) is 76.0 Å². The second kappa shape index (κ2) is 15.9. The van der Waals surface area contributed by atoms with Gasteiger partial charge in [0.2, 0.25) is 0 Å². The van der Waals surface area contributed by atoms with Crippen LogP contribution in [0.3, 0.4) is 0 Å². The zero-order valence-corrected chi connectivity index (χ0v) is 24.5. The summed E-state index contributed by atoms with van der Waals surface area (Å²) in [5, 5.41) is 3.55. The summed E-state index contributed by atoms with van der Waals surface area (Å²) in [6.07, 6.45) is 20.9. The van der Waals surface area contributed by atoms with Crippen LogP contribution < -0.4 is 15.9 Å². The molecule has 6 rings (SSSR count). The molecule has 0 spiro atoms. The summed E-state index contributed by atoms with van der Waals surface area (Å²) < 4.78 is 5.59. The zero-order chi connectivity index (χ0) is 27.5. The molecule has 0 saturated heterocycles. The van der Waals surface area contributed by atoms with E-state index < -0.39 is 7.05 Å². The molecule has 4 aromatic carbocycles. The molecule has 4 heteroatoms. The van der Waals surface area contributed by atoms with Gasteiger partial charge in [0.15, 0.2) is 5.78 Å². The molecule has 0 aliphatic heterocycles. The molecular formula is C37H30FeNOP+2. The Hall–Kier alpha value is -2.96. The van der Waals surface area contributed by atoms with E-state index >= 15 is 0 Å². The number of nitrogens with zero attached hydrogens (tertiary/aromatic N) is 1. The summed E-state index contributed by atoms with van der Waals surface area (Å²) in [6, 6.07) is 39.7. The van der Waals surface area contributed by atoms with Crippen LogP contribution in [0.25, 0.3) is 6.08 Å². The smallest absolute Gasteiger partial charge is 0.294 e. The fourth-order valence-electron chi connectivity index (χ4n) is 4.55. The molecule has 2 saturated carbocycles. The summed E-state index contributed by atoms with van der Waals surface area (Å²) in [5.41, 5.74) is 1.78. The molecule has 2 aliphatic rings. The first-order valence-electron chi connectivity index (χ1n) is 13.3. The largest absolute Gasteiger partial charge is 2.00 e. The van der Waals surface area contributed by atoms with Crippen molar-refractivity contribution in [1.82, 2.24) is 0 Å². The number of carbonyl (C=O) groups is 1. The predicted octanol–water partition coefficient (Wildman–Crippen LogP) is 7.50. The molecule has 200 valence electrons. The number of rotatable bonds is 7. The van der Waals surface area contributed by atoms with Crippen molar-refractivity contribution < 1.29 is 21.9 Å². The molecular weight excluding hydrogens is 561 g/mol. The maximum Gasteiger partial charge on any atom is 2.00 e. The fraction of sp³-hybridized carbons (Fsp3) is 0. The Morgan fingerprint density at radius 2 is 0.951 bits per heavy atom. The van der Waals surface area contributed by atoms with Gasteiger partial charge in [-0.25, -0.2) is 0 Å². The van der Waals surface area contributed by atoms with Crippen LogP contribution in [0, 0.1) is 63.7 Å². The Balaban J connectivity index is 0.000000584. The van der Waals surface area contributed by atoms with Gasteiger partial charge in [-0.15, -0.1) is 0 Å². The monoisotopic (exact) mass is 591 g/mol. The second-order valence-electron chi connectivity index (χ2n) is 9.13. The van der Waals surface area contributed by atoms with Crippen LogP contribution in [0.1, 0.15) is 5.56 Å². The summed E-state index contributed by atoms with van der Waals surface area (Å²) in [6.45, 7) is 0. The third-order valence-electron chi connectivity index (χ3n) is 6.50. The van der Waals surface area contributed by atoms with Gasteiger partial charge in [0.05, 0.1) is 18.7 Å². The minimum absolute atomic E-state index is 0. The number of hydrogen-bond donors (Lipinski definition) is 0. The maximum absolute atomic E-state index is 12.6.